The molecule has 6 heteroatoms. The third-order valence-corrected chi connectivity index (χ3v) is 4.47. The molecule has 1 N–H and O–H groups in total. The van der Waals surface area contributed by atoms with E-state index < -0.39 is 0 Å². The Kier molecular flexibility index (Phi) is 5.91. The summed E-state index contributed by atoms with van der Waals surface area (Å²) in [6, 6.07) is 11.1. The largest absolute Gasteiger partial charge is 0.334 e. The van der Waals surface area contributed by atoms with Crippen molar-refractivity contribution in [2.45, 2.75) is 20.0 Å². The van der Waals surface area contributed by atoms with Gasteiger partial charge in [-0.15, -0.1) is 11.3 Å². The lowest BCUT2D eigenvalue weighted by Crippen LogP contribution is -2.38. The molecule has 1 heterocycles. The number of halogens is 2. The van der Waals surface area contributed by atoms with Crippen LogP contribution in [-0.4, -0.2) is 17.5 Å². The van der Waals surface area contributed by atoms with Crippen LogP contribution in [-0.2, 0) is 13.1 Å². The number of hydrogen-bond donors (Lipinski definition) is 1. The molecule has 0 atom stereocenters. The Morgan fingerprint density at radius 1 is 1.19 bits per heavy atom. The number of carbonyl (C=O) groups excluding carboxylic acids is 1. The predicted octanol–water partition coefficient (Wildman–Crippen LogP) is 4.79. The summed E-state index contributed by atoms with van der Waals surface area (Å²) < 4.78 is 0.739. The number of benzene rings is 1. The standard InChI is InChI=1S/C15H16Cl2N2OS/c1-2-19(10-13-7-8-14(17)21-13)15(20)18-9-11-3-5-12(16)6-4-11/h3-8H,2,9-10H2,1H3,(H,18,20). The van der Waals surface area contributed by atoms with E-state index >= 15 is 0 Å². The smallest absolute Gasteiger partial charge is 0.317 e. The molecule has 0 saturated carbocycles. The van der Waals surface area contributed by atoms with Crippen molar-refractivity contribution in [3.05, 3.63) is 56.2 Å². The molecule has 3 nitrogen and oxygen atoms in total. The van der Waals surface area contributed by atoms with Gasteiger partial charge in [-0.2, -0.15) is 0 Å². The molecule has 0 aliphatic carbocycles. The van der Waals surface area contributed by atoms with Crippen molar-refractivity contribution in [1.82, 2.24) is 10.2 Å². The Balaban J connectivity index is 1.89. The van der Waals surface area contributed by atoms with Gasteiger partial charge in [-0.25, -0.2) is 4.79 Å². The van der Waals surface area contributed by atoms with Crippen molar-refractivity contribution in [1.29, 1.82) is 0 Å². The molecule has 0 radical (unpaired) electrons. The number of nitrogens with one attached hydrogen (secondary N) is 1. The first-order valence-corrected chi connectivity index (χ1v) is 8.17. The van der Waals surface area contributed by atoms with Crippen LogP contribution in [0.25, 0.3) is 0 Å². The van der Waals surface area contributed by atoms with E-state index in [1.807, 2.05) is 43.3 Å². The van der Waals surface area contributed by atoms with Crippen LogP contribution in [0.3, 0.4) is 0 Å². The second-order valence-electron chi connectivity index (χ2n) is 4.51. The summed E-state index contributed by atoms with van der Waals surface area (Å²) in [5.74, 6) is 0. The summed E-state index contributed by atoms with van der Waals surface area (Å²) in [4.78, 5) is 15.0. The molecule has 1 aromatic heterocycles. The summed E-state index contributed by atoms with van der Waals surface area (Å²) >= 11 is 13.2. The molecule has 21 heavy (non-hydrogen) atoms. The number of urea groups is 1. The lowest BCUT2D eigenvalue weighted by Gasteiger charge is -2.20. The van der Waals surface area contributed by atoms with Gasteiger partial charge in [-0.05, 0) is 36.8 Å². The third-order valence-electron chi connectivity index (χ3n) is 3.00. The monoisotopic (exact) mass is 342 g/mol. The van der Waals surface area contributed by atoms with E-state index in [-0.39, 0.29) is 6.03 Å². The maximum atomic E-state index is 12.2. The van der Waals surface area contributed by atoms with Crippen LogP contribution in [0.1, 0.15) is 17.4 Å². The number of hydrogen-bond acceptors (Lipinski definition) is 2. The van der Waals surface area contributed by atoms with Gasteiger partial charge in [0, 0.05) is 23.0 Å². The highest BCUT2D eigenvalue weighted by atomic mass is 35.5. The van der Waals surface area contributed by atoms with E-state index in [1.165, 1.54) is 11.3 Å². The first-order valence-electron chi connectivity index (χ1n) is 6.60. The molecular weight excluding hydrogens is 327 g/mol. The first-order chi connectivity index (χ1) is 10.1. The van der Waals surface area contributed by atoms with Gasteiger partial charge >= 0.3 is 6.03 Å². The highest BCUT2D eigenvalue weighted by Crippen LogP contribution is 2.22. The van der Waals surface area contributed by atoms with Gasteiger partial charge < -0.3 is 10.2 Å². The average molecular weight is 343 g/mol. The number of nitrogens with zero attached hydrogens (tertiary/aromatic N) is 1. The molecule has 0 spiro atoms. The first kappa shape index (κ1) is 16.1. The van der Waals surface area contributed by atoms with Gasteiger partial charge in [-0.1, -0.05) is 35.3 Å². The molecule has 2 rings (SSSR count). The zero-order chi connectivity index (χ0) is 15.2. The van der Waals surface area contributed by atoms with E-state index in [0.29, 0.717) is 24.7 Å². The second kappa shape index (κ2) is 7.69. The van der Waals surface area contributed by atoms with Gasteiger partial charge in [0.1, 0.15) is 0 Å². The second-order valence-corrected chi connectivity index (χ2v) is 6.74. The van der Waals surface area contributed by atoms with Crippen LogP contribution in [0, 0.1) is 0 Å². The lowest BCUT2D eigenvalue weighted by molar-refractivity contribution is 0.198. The number of thiophene rings is 1. The Morgan fingerprint density at radius 3 is 2.48 bits per heavy atom. The number of carbonyl (C=O) groups is 1. The fourth-order valence-electron chi connectivity index (χ4n) is 1.84. The van der Waals surface area contributed by atoms with Gasteiger partial charge in [0.05, 0.1) is 10.9 Å². The van der Waals surface area contributed by atoms with Crippen LogP contribution < -0.4 is 5.32 Å². The molecule has 0 saturated heterocycles. The summed E-state index contributed by atoms with van der Waals surface area (Å²) in [7, 11) is 0. The number of rotatable bonds is 5. The van der Waals surface area contributed by atoms with Gasteiger partial charge in [0.15, 0.2) is 0 Å². The fourth-order valence-corrected chi connectivity index (χ4v) is 3.07. The highest BCUT2D eigenvalue weighted by Gasteiger charge is 2.12. The number of amides is 2. The van der Waals surface area contributed by atoms with Crippen molar-refractivity contribution in [3.63, 3.8) is 0 Å². The Labute approximate surface area is 138 Å². The summed E-state index contributed by atoms with van der Waals surface area (Å²) in [5, 5.41) is 3.60. The highest BCUT2D eigenvalue weighted by molar-refractivity contribution is 7.16. The van der Waals surface area contributed by atoms with Gasteiger partial charge in [0.25, 0.3) is 0 Å². The third kappa shape index (κ3) is 4.92. The summed E-state index contributed by atoms with van der Waals surface area (Å²) in [5.41, 5.74) is 1.02. The minimum atomic E-state index is -0.0861. The predicted molar refractivity (Wildman–Crippen MR) is 89.1 cm³/mol. The maximum Gasteiger partial charge on any atom is 0.317 e. The van der Waals surface area contributed by atoms with Crippen molar-refractivity contribution in [2.75, 3.05) is 6.54 Å². The van der Waals surface area contributed by atoms with E-state index in [4.69, 9.17) is 23.2 Å². The quantitative estimate of drug-likeness (QED) is 0.832. The molecule has 0 aliphatic heterocycles. The van der Waals surface area contributed by atoms with E-state index in [1.54, 1.807) is 4.90 Å². The summed E-state index contributed by atoms with van der Waals surface area (Å²) in [6.45, 7) is 3.65. The van der Waals surface area contributed by atoms with Crippen molar-refractivity contribution < 1.29 is 4.79 Å². The maximum absolute atomic E-state index is 12.2. The SMILES string of the molecule is CCN(Cc1ccc(Cl)s1)C(=O)NCc1ccc(Cl)cc1. The van der Waals surface area contributed by atoms with Crippen LogP contribution >= 0.6 is 34.5 Å². The Bertz CT molecular complexity index is 598. The molecule has 2 aromatic rings. The molecule has 0 bridgehead atoms. The Morgan fingerprint density at radius 2 is 1.90 bits per heavy atom. The van der Waals surface area contributed by atoms with Gasteiger partial charge in [0.2, 0.25) is 0 Å². The van der Waals surface area contributed by atoms with Crippen LogP contribution in [0.15, 0.2) is 36.4 Å². The van der Waals surface area contributed by atoms with Crippen molar-refractivity contribution in [2.24, 2.45) is 0 Å². The minimum Gasteiger partial charge on any atom is -0.334 e. The lowest BCUT2D eigenvalue weighted by atomic mass is 10.2. The minimum absolute atomic E-state index is 0.0861. The van der Waals surface area contributed by atoms with Crippen molar-refractivity contribution in [3.8, 4) is 0 Å². The normalized spacial score (nSPS) is 10.4. The summed E-state index contributed by atoms with van der Waals surface area (Å²) in [6.07, 6.45) is 0. The fraction of sp³-hybridized carbons (Fsp3) is 0.267. The van der Waals surface area contributed by atoms with Gasteiger partial charge in [-0.3, -0.25) is 0 Å². The molecule has 0 unspecified atom stereocenters. The molecule has 0 fully saturated rings. The van der Waals surface area contributed by atoms with E-state index in [9.17, 15) is 4.79 Å². The zero-order valence-electron chi connectivity index (χ0n) is 11.6. The topological polar surface area (TPSA) is 32.3 Å². The van der Waals surface area contributed by atoms with E-state index in [0.717, 1.165) is 14.8 Å². The van der Waals surface area contributed by atoms with Crippen molar-refractivity contribution >= 4 is 40.6 Å². The van der Waals surface area contributed by atoms with Crippen LogP contribution in [0.2, 0.25) is 9.36 Å². The van der Waals surface area contributed by atoms with Crippen LogP contribution in [0.4, 0.5) is 4.79 Å². The zero-order valence-corrected chi connectivity index (χ0v) is 13.9. The molecule has 0 aliphatic rings. The average Bonchev–Trinajstić information content (AvgIpc) is 2.89. The molecule has 1 aromatic carbocycles. The molecule has 2 amide bonds. The molecule has 112 valence electrons. The van der Waals surface area contributed by atoms with E-state index in [2.05, 4.69) is 5.32 Å². The van der Waals surface area contributed by atoms with Crippen LogP contribution in [0.5, 0.6) is 0 Å². The Hall–Kier alpha value is -1.23. The molecular formula is C15H16Cl2N2OS.